The summed E-state index contributed by atoms with van der Waals surface area (Å²) in [5, 5.41) is 2.71. The van der Waals surface area contributed by atoms with Crippen molar-refractivity contribution in [3.05, 3.63) is 70.8 Å². The third kappa shape index (κ3) is 4.61. The first kappa shape index (κ1) is 18.1. The number of rotatable bonds is 7. The van der Waals surface area contributed by atoms with Crippen molar-refractivity contribution in [1.82, 2.24) is 10.2 Å². The summed E-state index contributed by atoms with van der Waals surface area (Å²) in [6, 6.07) is 10.8. The van der Waals surface area contributed by atoms with Gasteiger partial charge in [0.05, 0.1) is 5.56 Å². The number of hydrogen-bond acceptors (Lipinski definition) is 2. The molecule has 1 amide bonds. The third-order valence-electron chi connectivity index (χ3n) is 4.02. The molecule has 0 atom stereocenters. The van der Waals surface area contributed by atoms with E-state index in [9.17, 15) is 13.6 Å². The largest absolute Gasteiger partial charge is 0.348 e. The molecule has 0 aliphatic heterocycles. The van der Waals surface area contributed by atoms with Crippen LogP contribution < -0.4 is 5.32 Å². The van der Waals surface area contributed by atoms with Crippen LogP contribution in [0.4, 0.5) is 8.78 Å². The number of nitrogens with zero attached hydrogens (tertiary/aromatic N) is 1. The van der Waals surface area contributed by atoms with Gasteiger partial charge in [-0.3, -0.25) is 9.69 Å². The minimum atomic E-state index is -0.857. The van der Waals surface area contributed by atoms with Gasteiger partial charge in [-0.2, -0.15) is 0 Å². The predicted molar refractivity (Wildman–Crippen MR) is 90.6 cm³/mol. The molecular formula is C19H22F2N2O. The SMILES string of the molecule is CCN(CC)Cc1ccccc1CNC(=O)c1ccc(F)cc1F. The van der Waals surface area contributed by atoms with Gasteiger partial charge >= 0.3 is 0 Å². The lowest BCUT2D eigenvalue weighted by Gasteiger charge is -2.20. The molecule has 3 nitrogen and oxygen atoms in total. The fourth-order valence-electron chi connectivity index (χ4n) is 2.52. The average molecular weight is 332 g/mol. The maximum Gasteiger partial charge on any atom is 0.254 e. The van der Waals surface area contributed by atoms with E-state index >= 15 is 0 Å². The highest BCUT2D eigenvalue weighted by Gasteiger charge is 2.13. The van der Waals surface area contributed by atoms with Gasteiger partial charge in [0.2, 0.25) is 0 Å². The number of amides is 1. The highest BCUT2D eigenvalue weighted by molar-refractivity contribution is 5.94. The van der Waals surface area contributed by atoms with Gasteiger partial charge in [-0.15, -0.1) is 0 Å². The molecule has 0 radical (unpaired) electrons. The third-order valence-corrected chi connectivity index (χ3v) is 4.02. The topological polar surface area (TPSA) is 32.3 Å². The van der Waals surface area contributed by atoms with Crippen LogP contribution in [0.15, 0.2) is 42.5 Å². The Morgan fingerprint density at radius 2 is 1.71 bits per heavy atom. The van der Waals surface area contributed by atoms with Crippen LogP contribution in [0.1, 0.15) is 35.3 Å². The molecule has 0 aromatic heterocycles. The number of carbonyl (C=O) groups excluding carboxylic acids is 1. The minimum Gasteiger partial charge on any atom is -0.348 e. The lowest BCUT2D eigenvalue weighted by molar-refractivity contribution is 0.0946. The van der Waals surface area contributed by atoms with Crippen molar-refractivity contribution in [2.24, 2.45) is 0 Å². The number of hydrogen-bond donors (Lipinski definition) is 1. The molecule has 0 spiro atoms. The van der Waals surface area contributed by atoms with Gasteiger partial charge in [-0.25, -0.2) is 8.78 Å². The summed E-state index contributed by atoms with van der Waals surface area (Å²) in [4.78, 5) is 14.4. The van der Waals surface area contributed by atoms with Crippen molar-refractivity contribution in [2.45, 2.75) is 26.9 Å². The molecular weight excluding hydrogens is 310 g/mol. The Morgan fingerprint density at radius 3 is 2.33 bits per heavy atom. The molecule has 0 saturated carbocycles. The van der Waals surface area contributed by atoms with Gasteiger partial charge in [-0.05, 0) is 36.3 Å². The van der Waals surface area contributed by atoms with E-state index in [1.165, 1.54) is 0 Å². The lowest BCUT2D eigenvalue weighted by atomic mass is 10.1. The van der Waals surface area contributed by atoms with E-state index in [1.54, 1.807) is 0 Å². The molecule has 0 saturated heterocycles. The van der Waals surface area contributed by atoms with Crippen LogP contribution in [0.25, 0.3) is 0 Å². The second-order valence-corrected chi connectivity index (χ2v) is 5.54. The van der Waals surface area contributed by atoms with Crippen LogP contribution in [0.2, 0.25) is 0 Å². The molecule has 24 heavy (non-hydrogen) atoms. The Bertz CT molecular complexity index is 700. The van der Waals surface area contributed by atoms with E-state index in [0.29, 0.717) is 12.6 Å². The highest BCUT2D eigenvalue weighted by Crippen LogP contribution is 2.13. The number of halogens is 2. The van der Waals surface area contributed by atoms with E-state index < -0.39 is 17.5 Å². The number of nitrogens with one attached hydrogen (secondary N) is 1. The molecule has 0 fully saturated rings. The number of carbonyl (C=O) groups is 1. The van der Waals surface area contributed by atoms with Crippen molar-refractivity contribution in [1.29, 1.82) is 0 Å². The second kappa shape index (κ2) is 8.55. The van der Waals surface area contributed by atoms with Gasteiger partial charge in [0, 0.05) is 19.2 Å². The minimum absolute atomic E-state index is 0.155. The van der Waals surface area contributed by atoms with E-state index in [-0.39, 0.29) is 5.56 Å². The molecule has 5 heteroatoms. The fraction of sp³-hybridized carbons (Fsp3) is 0.316. The first-order valence-corrected chi connectivity index (χ1v) is 8.07. The van der Waals surface area contributed by atoms with Crippen molar-refractivity contribution < 1.29 is 13.6 Å². The second-order valence-electron chi connectivity index (χ2n) is 5.54. The van der Waals surface area contributed by atoms with Gasteiger partial charge < -0.3 is 5.32 Å². The lowest BCUT2D eigenvalue weighted by Crippen LogP contribution is -2.26. The van der Waals surface area contributed by atoms with E-state index in [0.717, 1.165) is 42.9 Å². The Morgan fingerprint density at radius 1 is 1.04 bits per heavy atom. The highest BCUT2D eigenvalue weighted by atomic mass is 19.1. The van der Waals surface area contributed by atoms with Crippen molar-refractivity contribution in [2.75, 3.05) is 13.1 Å². The summed E-state index contributed by atoms with van der Waals surface area (Å²) in [6.07, 6.45) is 0. The van der Waals surface area contributed by atoms with Gasteiger partial charge in [0.1, 0.15) is 11.6 Å². The summed E-state index contributed by atoms with van der Waals surface area (Å²) in [5.74, 6) is -2.11. The van der Waals surface area contributed by atoms with Crippen LogP contribution in [-0.4, -0.2) is 23.9 Å². The Kier molecular flexibility index (Phi) is 6.44. The van der Waals surface area contributed by atoms with E-state index in [1.807, 2.05) is 24.3 Å². The maximum atomic E-state index is 13.7. The van der Waals surface area contributed by atoms with Crippen LogP contribution in [-0.2, 0) is 13.1 Å². The molecule has 1 N–H and O–H groups in total. The summed E-state index contributed by atoms with van der Waals surface area (Å²) in [5.41, 5.74) is 1.96. The molecule has 2 aromatic rings. The Balaban J connectivity index is 2.07. The molecule has 2 aromatic carbocycles. The average Bonchev–Trinajstić information content (AvgIpc) is 2.58. The Hall–Kier alpha value is -2.27. The quantitative estimate of drug-likeness (QED) is 0.838. The van der Waals surface area contributed by atoms with Gasteiger partial charge in [0.25, 0.3) is 5.91 Å². The molecule has 0 heterocycles. The zero-order valence-corrected chi connectivity index (χ0v) is 14.0. The van der Waals surface area contributed by atoms with Gasteiger partial charge in [0.15, 0.2) is 0 Å². The van der Waals surface area contributed by atoms with E-state index in [4.69, 9.17) is 0 Å². The smallest absolute Gasteiger partial charge is 0.254 e. The van der Waals surface area contributed by atoms with Crippen molar-refractivity contribution in [3.8, 4) is 0 Å². The molecule has 2 rings (SSSR count). The first-order chi connectivity index (χ1) is 11.5. The van der Waals surface area contributed by atoms with Crippen LogP contribution >= 0.6 is 0 Å². The summed E-state index contributed by atoms with van der Waals surface area (Å²) in [6.45, 7) is 7.18. The maximum absolute atomic E-state index is 13.7. The molecule has 0 bridgehead atoms. The molecule has 128 valence electrons. The van der Waals surface area contributed by atoms with Gasteiger partial charge in [-0.1, -0.05) is 38.1 Å². The van der Waals surface area contributed by atoms with Crippen molar-refractivity contribution >= 4 is 5.91 Å². The first-order valence-electron chi connectivity index (χ1n) is 8.07. The zero-order chi connectivity index (χ0) is 17.5. The fourth-order valence-corrected chi connectivity index (χ4v) is 2.52. The van der Waals surface area contributed by atoms with Crippen molar-refractivity contribution in [3.63, 3.8) is 0 Å². The zero-order valence-electron chi connectivity index (χ0n) is 14.0. The standard InChI is InChI=1S/C19H22F2N2O/c1-3-23(4-2)13-15-8-6-5-7-14(15)12-22-19(24)17-10-9-16(20)11-18(17)21/h5-11H,3-4,12-13H2,1-2H3,(H,22,24). The summed E-state index contributed by atoms with van der Waals surface area (Å²) >= 11 is 0. The summed E-state index contributed by atoms with van der Waals surface area (Å²) < 4.78 is 26.6. The predicted octanol–water partition coefficient (Wildman–Crippen LogP) is 3.74. The Labute approximate surface area is 141 Å². The van der Waals surface area contributed by atoms with Crippen LogP contribution in [0.3, 0.4) is 0 Å². The molecule has 0 aliphatic rings. The summed E-state index contributed by atoms with van der Waals surface area (Å²) in [7, 11) is 0. The van der Waals surface area contributed by atoms with Crippen LogP contribution in [0, 0.1) is 11.6 Å². The molecule has 0 aliphatic carbocycles. The normalized spacial score (nSPS) is 10.9. The monoisotopic (exact) mass is 332 g/mol. The molecule has 0 unspecified atom stereocenters. The van der Waals surface area contributed by atoms with Crippen LogP contribution in [0.5, 0.6) is 0 Å². The number of benzene rings is 2. The van der Waals surface area contributed by atoms with E-state index in [2.05, 4.69) is 24.1 Å².